The summed E-state index contributed by atoms with van der Waals surface area (Å²) in [5, 5.41) is 14.8. The maximum absolute atomic E-state index is 12.3. The first-order valence-electron chi connectivity index (χ1n) is 8.41. The summed E-state index contributed by atoms with van der Waals surface area (Å²) in [6.45, 7) is 4.17. The van der Waals surface area contributed by atoms with Gasteiger partial charge >= 0.3 is 5.97 Å². The van der Waals surface area contributed by atoms with E-state index in [4.69, 9.17) is 4.74 Å². The van der Waals surface area contributed by atoms with Crippen LogP contribution in [0.2, 0.25) is 0 Å². The summed E-state index contributed by atoms with van der Waals surface area (Å²) in [6.07, 6.45) is 1.26. The summed E-state index contributed by atoms with van der Waals surface area (Å²) in [5.41, 5.74) is 2.37. The van der Waals surface area contributed by atoms with Crippen molar-refractivity contribution >= 4 is 23.3 Å². The number of para-hydroxylation sites is 1. The van der Waals surface area contributed by atoms with Gasteiger partial charge in [0.15, 0.2) is 0 Å². The van der Waals surface area contributed by atoms with Crippen LogP contribution in [0.4, 0.5) is 11.4 Å². The topological polar surface area (TPSA) is 91.2 Å². The lowest BCUT2D eigenvalue weighted by atomic mass is 10.0. The molecule has 0 saturated heterocycles. The number of hydrogen-bond acceptors (Lipinski definition) is 5. The molecule has 27 heavy (non-hydrogen) atoms. The number of benzene rings is 2. The fourth-order valence-corrected chi connectivity index (χ4v) is 2.35. The molecular weight excluding hydrogens is 342 g/mol. The standard InChI is InChI=1S/C21H21N3O3/c1-14(2)15-8-10-17(11-9-15)24-20(25)16(12-22)13-23-19-7-5-4-6-18(19)21(26)27-3/h4-11,13-14,23H,1-3H3,(H,24,25)/b16-13-. The second-order valence-electron chi connectivity index (χ2n) is 6.08. The molecule has 2 aromatic carbocycles. The van der Waals surface area contributed by atoms with Gasteiger partial charge in [-0.05, 0) is 35.7 Å². The van der Waals surface area contributed by atoms with Gasteiger partial charge in [-0.15, -0.1) is 0 Å². The van der Waals surface area contributed by atoms with Crippen LogP contribution < -0.4 is 10.6 Å². The first-order chi connectivity index (χ1) is 13.0. The molecule has 2 aromatic rings. The molecule has 0 spiro atoms. The van der Waals surface area contributed by atoms with Crippen LogP contribution in [0.15, 0.2) is 60.3 Å². The lowest BCUT2D eigenvalue weighted by Gasteiger charge is -2.09. The molecule has 1 amide bonds. The van der Waals surface area contributed by atoms with Gasteiger partial charge in [-0.25, -0.2) is 4.79 Å². The minimum absolute atomic E-state index is 0.123. The Labute approximate surface area is 158 Å². The van der Waals surface area contributed by atoms with Gasteiger partial charge in [-0.3, -0.25) is 4.79 Å². The second-order valence-corrected chi connectivity index (χ2v) is 6.08. The van der Waals surface area contributed by atoms with Crippen LogP contribution in [0, 0.1) is 11.3 Å². The van der Waals surface area contributed by atoms with E-state index in [0.717, 1.165) is 5.56 Å². The molecule has 0 unspecified atom stereocenters. The van der Waals surface area contributed by atoms with E-state index >= 15 is 0 Å². The molecule has 0 aliphatic rings. The summed E-state index contributed by atoms with van der Waals surface area (Å²) < 4.78 is 4.72. The van der Waals surface area contributed by atoms with E-state index in [1.807, 2.05) is 18.2 Å². The Morgan fingerprint density at radius 3 is 2.37 bits per heavy atom. The number of rotatable bonds is 6. The SMILES string of the molecule is COC(=O)c1ccccc1N/C=C(/C#N)C(=O)Nc1ccc(C(C)C)cc1. The Hall–Kier alpha value is -3.59. The number of hydrogen-bond donors (Lipinski definition) is 2. The summed E-state index contributed by atoms with van der Waals surface area (Å²) in [7, 11) is 1.29. The summed E-state index contributed by atoms with van der Waals surface area (Å²) in [5.74, 6) is -0.666. The molecule has 2 N–H and O–H groups in total. The number of carbonyl (C=O) groups is 2. The second kappa shape index (κ2) is 9.20. The number of nitriles is 1. The lowest BCUT2D eigenvalue weighted by molar-refractivity contribution is -0.112. The molecule has 0 aliphatic heterocycles. The van der Waals surface area contributed by atoms with E-state index in [-0.39, 0.29) is 5.57 Å². The third-order valence-corrected chi connectivity index (χ3v) is 3.90. The zero-order valence-electron chi connectivity index (χ0n) is 15.4. The van der Waals surface area contributed by atoms with Gasteiger partial charge in [0.05, 0.1) is 18.4 Å². The lowest BCUT2D eigenvalue weighted by Crippen LogP contribution is -2.15. The van der Waals surface area contributed by atoms with Gasteiger partial charge in [0, 0.05) is 11.9 Å². The highest BCUT2D eigenvalue weighted by molar-refractivity contribution is 6.07. The highest BCUT2D eigenvalue weighted by Crippen LogP contribution is 2.18. The van der Waals surface area contributed by atoms with Crippen LogP contribution in [-0.2, 0) is 9.53 Å². The average molecular weight is 363 g/mol. The Kier molecular flexibility index (Phi) is 6.73. The van der Waals surface area contributed by atoms with Crippen molar-refractivity contribution in [2.24, 2.45) is 0 Å². The molecule has 138 valence electrons. The fraction of sp³-hybridized carbons (Fsp3) is 0.190. The minimum Gasteiger partial charge on any atom is -0.465 e. The third-order valence-electron chi connectivity index (χ3n) is 3.90. The molecular formula is C21H21N3O3. The van der Waals surface area contributed by atoms with Crippen LogP contribution in [0.25, 0.3) is 0 Å². The van der Waals surface area contributed by atoms with Crippen LogP contribution in [-0.4, -0.2) is 19.0 Å². The summed E-state index contributed by atoms with van der Waals surface area (Å²) in [4.78, 5) is 24.1. The van der Waals surface area contributed by atoms with Crippen LogP contribution in [0.3, 0.4) is 0 Å². The zero-order valence-corrected chi connectivity index (χ0v) is 15.4. The molecule has 0 fully saturated rings. The molecule has 0 aliphatic carbocycles. The molecule has 2 rings (SSSR count). The van der Waals surface area contributed by atoms with Crippen molar-refractivity contribution in [1.29, 1.82) is 5.26 Å². The largest absolute Gasteiger partial charge is 0.465 e. The molecule has 0 bridgehead atoms. The number of amides is 1. The van der Waals surface area contributed by atoms with Crippen LogP contribution in [0.1, 0.15) is 35.7 Å². The molecule has 0 radical (unpaired) electrons. The van der Waals surface area contributed by atoms with Crippen molar-refractivity contribution in [3.8, 4) is 6.07 Å². The Morgan fingerprint density at radius 1 is 1.11 bits per heavy atom. The normalized spacial score (nSPS) is 10.9. The van der Waals surface area contributed by atoms with Gasteiger partial charge in [-0.2, -0.15) is 5.26 Å². The highest BCUT2D eigenvalue weighted by atomic mass is 16.5. The number of ether oxygens (including phenoxy) is 1. The van der Waals surface area contributed by atoms with Crippen molar-refractivity contribution in [3.05, 3.63) is 71.4 Å². The first-order valence-corrected chi connectivity index (χ1v) is 8.41. The van der Waals surface area contributed by atoms with E-state index in [2.05, 4.69) is 24.5 Å². The van der Waals surface area contributed by atoms with Crippen molar-refractivity contribution in [3.63, 3.8) is 0 Å². The van der Waals surface area contributed by atoms with Crippen LogP contribution in [0.5, 0.6) is 0 Å². The van der Waals surface area contributed by atoms with E-state index in [1.165, 1.54) is 13.3 Å². The minimum atomic E-state index is -0.544. The van der Waals surface area contributed by atoms with E-state index in [1.54, 1.807) is 36.4 Å². The maximum Gasteiger partial charge on any atom is 0.339 e. The molecule has 0 heterocycles. The number of methoxy groups -OCH3 is 1. The van der Waals surface area contributed by atoms with Gasteiger partial charge in [0.2, 0.25) is 0 Å². The number of nitrogens with zero attached hydrogens (tertiary/aromatic N) is 1. The Balaban J connectivity index is 2.13. The zero-order chi connectivity index (χ0) is 19.8. The van der Waals surface area contributed by atoms with Crippen molar-refractivity contribution in [1.82, 2.24) is 0 Å². The monoisotopic (exact) mass is 363 g/mol. The third kappa shape index (κ3) is 5.19. The number of anilines is 2. The van der Waals surface area contributed by atoms with Crippen molar-refractivity contribution < 1.29 is 14.3 Å². The van der Waals surface area contributed by atoms with Crippen LogP contribution >= 0.6 is 0 Å². The number of nitrogens with one attached hydrogen (secondary N) is 2. The smallest absolute Gasteiger partial charge is 0.339 e. The van der Waals surface area contributed by atoms with Gasteiger partial charge in [0.1, 0.15) is 11.6 Å². The van der Waals surface area contributed by atoms with Crippen molar-refractivity contribution in [2.45, 2.75) is 19.8 Å². The van der Waals surface area contributed by atoms with Gasteiger partial charge < -0.3 is 15.4 Å². The summed E-state index contributed by atoms with van der Waals surface area (Å²) in [6, 6.07) is 16.0. The first kappa shape index (κ1) is 19.7. The Morgan fingerprint density at radius 2 is 1.78 bits per heavy atom. The predicted molar refractivity (Wildman–Crippen MR) is 104 cm³/mol. The Bertz CT molecular complexity index is 894. The molecule has 6 nitrogen and oxygen atoms in total. The van der Waals surface area contributed by atoms with E-state index in [9.17, 15) is 14.9 Å². The molecule has 0 saturated carbocycles. The van der Waals surface area contributed by atoms with E-state index in [0.29, 0.717) is 22.9 Å². The van der Waals surface area contributed by atoms with Gasteiger partial charge in [0.25, 0.3) is 5.91 Å². The predicted octanol–water partition coefficient (Wildman–Crippen LogP) is 4.05. The summed E-state index contributed by atoms with van der Waals surface area (Å²) >= 11 is 0. The molecule has 0 aromatic heterocycles. The highest BCUT2D eigenvalue weighted by Gasteiger charge is 2.13. The quantitative estimate of drug-likeness (QED) is 0.459. The maximum atomic E-state index is 12.3. The van der Waals surface area contributed by atoms with Gasteiger partial charge in [-0.1, -0.05) is 38.1 Å². The number of esters is 1. The molecule has 0 atom stereocenters. The fourth-order valence-electron chi connectivity index (χ4n) is 2.35. The van der Waals surface area contributed by atoms with E-state index < -0.39 is 11.9 Å². The van der Waals surface area contributed by atoms with Crippen molar-refractivity contribution in [2.75, 3.05) is 17.7 Å². The average Bonchev–Trinajstić information content (AvgIpc) is 2.68. The molecule has 6 heteroatoms. The number of carbonyl (C=O) groups excluding carboxylic acids is 2.